The maximum Gasteiger partial charge on any atom is 0.326 e. The largest absolute Gasteiger partial charge is 0.489 e. The summed E-state index contributed by atoms with van der Waals surface area (Å²) in [5, 5.41) is 2.69. The second kappa shape index (κ2) is 10.8. The molecule has 1 aliphatic heterocycles. The van der Waals surface area contributed by atoms with Gasteiger partial charge in [0.15, 0.2) is 6.79 Å². The van der Waals surface area contributed by atoms with Crippen LogP contribution in [-0.2, 0) is 17.8 Å². The number of amides is 2. The van der Waals surface area contributed by atoms with Gasteiger partial charge in [-0.3, -0.25) is 4.90 Å². The molecule has 33 heavy (non-hydrogen) atoms. The van der Waals surface area contributed by atoms with Gasteiger partial charge in [-0.2, -0.15) is 0 Å². The Labute approximate surface area is 192 Å². The van der Waals surface area contributed by atoms with Gasteiger partial charge in [-0.05, 0) is 60.7 Å². The molecule has 0 atom stereocenters. The zero-order valence-electron chi connectivity index (χ0n) is 18.6. The van der Waals surface area contributed by atoms with Crippen LogP contribution in [0.15, 0.2) is 66.7 Å². The highest BCUT2D eigenvalue weighted by molar-refractivity contribution is 6.02. The Morgan fingerprint density at radius 1 is 1.00 bits per heavy atom. The number of nitrogens with zero attached hydrogens (tertiary/aromatic N) is 1. The molecule has 0 bridgehead atoms. The number of rotatable bonds is 7. The maximum absolute atomic E-state index is 14.5. The molecule has 0 aromatic heterocycles. The number of hydrogen-bond acceptors (Lipinski definition) is 4. The van der Waals surface area contributed by atoms with Gasteiger partial charge in [0, 0.05) is 25.4 Å². The fraction of sp³-hybridized carbons (Fsp3) is 0.269. The van der Waals surface area contributed by atoms with Crippen LogP contribution < -0.4 is 19.7 Å². The van der Waals surface area contributed by atoms with Crippen molar-refractivity contribution in [2.24, 2.45) is 0 Å². The van der Waals surface area contributed by atoms with Gasteiger partial charge in [-0.1, -0.05) is 30.3 Å². The number of aryl methyl sites for hydroxylation is 1. The number of halogens is 1. The summed E-state index contributed by atoms with van der Waals surface area (Å²) < 4.78 is 30.5. The third kappa shape index (κ3) is 5.81. The number of benzene rings is 3. The predicted octanol–water partition coefficient (Wildman–Crippen LogP) is 5.76. The zero-order valence-corrected chi connectivity index (χ0v) is 18.6. The highest BCUT2D eigenvalue weighted by Gasteiger charge is 2.22. The third-order valence-electron chi connectivity index (χ3n) is 5.44. The topological polar surface area (TPSA) is 60.0 Å². The average molecular weight is 451 g/mol. The molecule has 4 rings (SSSR count). The van der Waals surface area contributed by atoms with E-state index in [4.69, 9.17) is 14.2 Å². The van der Waals surface area contributed by atoms with Crippen LogP contribution in [0.4, 0.5) is 20.6 Å². The minimum Gasteiger partial charge on any atom is -0.489 e. The Morgan fingerprint density at radius 3 is 2.58 bits per heavy atom. The lowest BCUT2D eigenvalue weighted by molar-refractivity contribution is 0.0509. The molecule has 0 saturated heterocycles. The van der Waals surface area contributed by atoms with E-state index in [1.165, 1.54) is 19.2 Å². The lowest BCUT2D eigenvalue weighted by Crippen LogP contribution is -2.36. The van der Waals surface area contributed by atoms with E-state index in [1.807, 2.05) is 48.5 Å². The van der Waals surface area contributed by atoms with Gasteiger partial charge >= 0.3 is 6.03 Å². The molecule has 7 heteroatoms. The molecule has 3 aromatic rings. The van der Waals surface area contributed by atoms with Crippen molar-refractivity contribution in [1.29, 1.82) is 0 Å². The Balaban J connectivity index is 1.47. The van der Waals surface area contributed by atoms with Gasteiger partial charge in [0.1, 0.15) is 23.9 Å². The number of ether oxygens (including phenoxy) is 3. The van der Waals surface area contributed by atoms with Crippen LogP contribution in [0.5, 0.6) is 11.5 Å². The second-order valence-corrected chi connectivity index (χ2v) is 7.80. The monoisotopic (exact) mass is 450 g/mol. The Morgan fingerprint density at radius 2 is 1.79 bits per heavy atom. The normalized spacial score (nSPS) is 13.1. The second-order valence-electron chi connectivity index (χ2n) is 7.80. The first-order chi connectivity index (χ1) is 16.1. The van der Waals surface area contributed by atoms with Crippen molar-refractivity contribution in [3.8, 4) is 11.5 Å². The molecule has 0 fully saturated rings. The number of methoxy groups -OCH3 is 1. The van der Waals surface area contributed by atoms with Crippen molar-refractivity contribution in [2.45, 2.75) is 25.9 Å². The summed E-state index contributed by atoms with van der Waals surface area (Å²) in [5.74, 6) is 0.518. The highest BCUT2D eigenvalue weighted by atomic mass is 19.1. The molecule has 172 valence electrons. The van der Waals surface area contributed by atoms with Crippen molar-refractivity contribution in [3.63, 3.8) is 0 Å². The van der Waals surface area contributed by atoms with Gasteiger partial charge in [0.25, 0.3) is 0 Å². The molecule has 0 radical (unpaired) electrons. The first-order valence-electron chi connectivity index (χ1n) is 10.9. The molecule has 0 unspecified atom stereocenters. The molecule has 1 heterocycles. The number of nitrogens with one attached hydrogen (secondary N) is 1. The summed E-state index contributed by atoms with van der Waals surface area (Å²) in [5.41, 5.74) is 3.04. The molecular weight excluding hydrogens is 423 g/mol. The van der Waals surface area contributed by atoms with E-state index >= 15 is 0 Å². The molecule has 0 aliphatic carbocycles. The minimum absolute atomic E-state index is 0.0206. The third-order valence-corrected chi connectivity index (χ3v) is 5.44. The zero-order chi connectivity index (χ0) is 23.0. The van der Waals surface area contributed by atoms with Crippen LogP contribution in [0.2, 0.25) is 0 Å². The van der Waals surface area contributed by atoms with E-state index in [1.54, 1.807) is 11.0 Å². The summed E-state index contributed by atoms with van der Waals surface area (Å²) in [4.78, 5) is 14.7. The standard InChI is InChI=1S/C26H27FN2O4/c1-31-18-33-22-10-12-24(23(27)16-22)28-26(30)29-14-6-5-9-20-15-21(11-13-25(20)29)32-17-19-7-3-2-4-8-19/h2-4,7-8,10-13,15-16H,5-6,9,14,17-18H2,1H3,(H,28,30). The molecule has 1 N–H and O–H groups in total. The van der Waals surface area contributed by atoms with Crippen molar-refractivity contribution in [2.75, 3.05) is 30.7 Å². The molecule has 0 saturated carbocycles. The van der Waals surface area contributed by atoms with E-state index in [-0.39, 0.29) is 18.5 Å². The maximum atomic E-state index is 14.5. The number of urea groups is 1. The lowest BCUT2D eigenvalue weighted by atomic mass is 10.1. The summed E-state index contributed by atoms with van der Waals surface area (Å²) >= 11 is 0. The van der Waals surface area contributed by atoms with Crippen molar-refractivity contribution < 1.29 is 23.4 Å². The lowest BCUT2D eigenvalue weighted by Gasteiger charge is -2.24. The van der Waals surface area contributed by atoms with Crippen LogP contribution in [0.1, 0.15) is 24.0 Å². The van der Waals surface area contributed by atoms with Crippen molar-refractivity contribution in [3.05, 3.63) is 83.7 Å². The molecule has 0 spiro atoms. The van der Waals surface area contributed by atoms with E-state index < -0.39 is 5.82 Å². The summed E-state index contributed by atoms with van der Waals surface area (Å²) in [6.07, 6.45) is 2.66. The van der Waals surface area contributed by atoms with Crippen LogP contribution in [-0.4, -0.2) is 26.5 Å². The average Bonchev–Trinajstić information content (AvgIpc) is 3.05. The minimum atomic E-state index is -0.573. The van der Waals surface area contributed by atoms with Gasteiger partial charge in [0.2, 0.25) is 0 Å². The Kier molecular flexibility index (Phi) is 7.42. The molecule has 6 nitrogen and oxygen atoms in total. The van der Waals surface area contributed by atoms with Crippen LogP contribution in [0.3, 0.4) is 0 Å². The Bertz CT molecular complexity index is 1090. The van der Waals surface area contributed by atoms with Crippen molar-refractivity contribution in [1.82, 2.24) is 0 Å². The number of carbonyl (C=O) groups is 1. The number of hydrogen-bond donors (Lipinski definition) is 1. The van der Waals surface area contributed by atoms with Crippen LogP contribution >= 0.6 is 0 Å². The van der Waals surface area contributed by atoms with Crippen molar-refractivity contribution >= 4 is 17.4 Å². The van der Waals surface area contributed by atoms with Gasteiger partial charge in [-0.25, -0.2) is 9.18 Å². The molecule has 2 amide bonds. The summed E-state index contributed by atoms with van der Waals surface area (Å²) in [7, 11) is 1.49. The fourth-order valence-corrected chi connectivity index (χ4v) is 3.77. The number of carbonyl (C=O) groups excluding carboxylic acids is 1. The highest BCUT2D eigenvalue weighted by Crippen LogP contribution is 2.31. The predicted molar refractivity (Wildman–Crippen MR) is 125 cm³/mol. The summed E-state index contributed by atoms with van der Waals surface area (Å²) in [6, 6.07) is 19.7. The van der Waals surface area contributed by atoms with Gasteiger partial charge in [-0.15, -0.1) is 0 Å². The fourth-order valence-electron chi connectivity index (χ4n) is 3.77. The quantitative estimate of drug-likeness (QED) is 0.465. The number of anilines is 2. The Hall–Kier alpha value is -3.58. The van der Waals surface area contributed by atoms with Crippen LogP contribution in [0, 0.1) is 5.82 Å². The van der Waals surface area contributed by atoms with Gasteiger partial charge < -0.3 is 19.5 Å². The first-order valence-corrected chi connectivity index (χ1v) is 10.9. The molecular formula is C26H27FN2O4. The van der Waals surface area contributed by atoms with E-state index in [0.717, 1.165) is 41.8 Å². The molecule has 1 aliphatic rings. The van der Waals surface area contributed by atoms with E-state index in [2.05, 4.69) is 5.32 Å². The summed E-state index contributed by atoms with van der Waals surface area (Å²) in [6.45, 7) is 1.06. The molecule has 3 aromatic carbocycles. The number of fused-ring (bicyclic) bond motifs is 1. The smallest absolute Gasteiger partial charge is 0.326 e. The van der Waals surface area contributed by atoms with Gasteiger partial charge in [0.05, 0.1) is 5.69 Å². The van der Waals surface area contributed by atoms with Crippen LogP contribution in [0.25, 0.3) is 0 Å². The first kappa shape index (κ1) is 22.6. The van der Waals surface area contributed by atoms with E-state index in [0.29, 0.717) is 18.9 Å². The SMILES string of the molecule is COCOc1ccc(NC(=O)N2CCCCc3cc(OCc4ccccc4)ccc32)c(F)c1. The van der Waals surface area contributed by atoms with E-state index in [9.17, 15) is 9.18 Å².